The Balaban J connectivity index is 2.79. The van der Waals surface area contributed by atoms with Crippen molar-refractivity contribution in [3.8, 4) is 0 Å². The standard InChI is InChI=1S/C11H15N/c1-3-11(12-2)9-10-7-5-4-6-8-10/h4-9,12H,3H2,1-2H3. The lowest BCUT2D eigenvalue weighted by atomic mass is 10.2. The minimum atomic E-state index is 1.05. The smallest absolute Gasteiger partial charge is 0.0107 e. The highest BCUT2D eigenvalue weighted by atomic mass is 14.8. The summed E-state index contributed by atoms with van der Waals surface area (Å²) in [6, 6.07) is 10.3. The Kier molecular flexibility index (Phi) is 3.39. The van der Waals surface area contributed by atoms with Crippen molar-refractivity contribution in [3.05, 3.63) is 41.6 Å². The van der Waals surface area contributed by atoms with Crippen molar-refractivity contribution in [1.29, 1.82) is 0 Å². The molecule has 0 fully saturated rings. The van der Waals surface area contributed by atoms with Crippen LogP contribution in [0.15, 0.2) is 36.0 Å². The Morgan fingerprint density at radius 2 is 2.00 bits per heavy atom. The first-order chi connectivity index (χ1) is 5.86. The van der Waals surface area contributed by atoms with Gasteiger partial charge in [0.25, 0.3) is 0 Å². The third-order valence-electron chi connectivity index (χ3n) is 1.84. The highest BCUT2D eigenvalue weighted by molar-refractivity contribution is 5.51. The number of nitrogens with one attached hydrogen (secondary N) is 1. The second kappa shape index (κ2) is 4.60. The lowest BCUT2D eigenvalue weighted by Gasteiger charge is -2.02. The van der Waals surface area contributed by atoms with E-state index in [0.29, 0.717) is 0 Å². The summed E-state index contributed by atoms with van der Waals surface area (Å²) < 4.78 is 0. The van der Waals surface area contributed by atoms with E-state index >= 15 is 0 Å². The molecular weight excluding hydrogens is 146 g/mol. The lowest BCUT2D eigenvalue weighted by Crippen LogP contribution is -2.03. The molecule has 0 radical (unpaired) electrons. The van der Waals surface area contributed by atoms with E-state index in [4.69, 9.17) is 0 Å². The summed E-state index contributed by atoms with van der Waals surface area (Å²) in [6.07, 6.45) is 3.21. The van der Waals surface area contributed by atoms with Gasteiger partial charge >= 0.3 is 0 Å². The monoisotopic (exact) mass is 161 g/mol. The van der Waals surface area contributed by atoms with Gasteiger partial charge in [0.05, 0.1) is 0 Å². The third-order valence-corrected chi connectivity index (χ3v) is 1.84. The number of allylic oxidation sites excluding steroid dienone is 1. The van der Waals surface area contributed by atoms with Gasteiger partial charge in [-0.3, -0.25) is 0 Å². The molecule has 1 rings (SSSR count). The summed E-state index contributed by atoms with van der Waals surface area (Å²) in [5.41, 5.74) is 2.52. The molecule has 1 nitrogen and oxygen atoms in total. The highest BCUT2D eigenvalue weighted by Crippen LogP contribution is 2.05. The molecule has 0 heterocycles. The van der Waals surface area contributed by atoms with Crippen LogP contribution in [0.5, 0.6) is 0 Å². The zero-order valence-electron chi connectivity index (χ0n) is 7.67. The maximum atomic E-state index is 3.16. The van der Waals surface area contributed by atoms with Crippen LogP contribution in [0, 0.1) is 0 Å². The van der Waals surface area contributed by atoms with E-state index in [1.165, 1.54) is 11.3 Å². The number of rotatable bonds is 3. The van der Waals surface area contributed by atoms with Gasteiger partial charge in [-0.15, -0.1) is 0 Å². The van der Waals surface area contributed by atoms with Gasteiger partial charge in [-0.05, 0) is 18.1 Å². The predicted octanol–water partition coefficient (Wildman–Crippen LogP) is 2.66. The van der Waals surface area contributed by atoms with E-state index in [2.05, 4.69) is 42.6 Å². The van der Waals surface area contributed by atoms with Crippen LogP contribution in [-0.4, -0.2) is 7.05 Å². The van der Waals surface area contributed by atoms with E-state index < -0.39 is 0 Å². The molecule has 0 amide bonds. The average Bonchev–Trinajstić information content (AvgIpc) is 2.16. The lowest BCUT2D eigenvalue weighted by molar-refractivity contribution is 0.912. The zero-order valence-corrected chi connectivity index (χ0v) is 7.67. The molecule has 0 saturated carbocycles. The SMILES string of the molecule is CCC(=Cc1ccccc1)NC. The van der Waals surface area contributed by atoms with Crippen LogP contribution in [0.3, 0.4) is 0 Å². The van der Waals surface area contributed by atoms with Gasteiger partial charge < -0.3 is 5.32 Å². The minimum Gasteiger partial charge on any atom is -0.391 e. The van der Waals surface area contributed by atoms with Gasteiger partial charge in [0.15, 0.2) is 0 Å². The molecule has 1 aromatic carbocycles. The molecule has 0 aliphatic heterocycles. The molecule has 0 aromatic heterocycles. The molecule has 0 atom stereocenters. The van der Waals surface area contributed by atoms with Crippen LogP contribution >= 0.6 is 0 Å². The maximum Gasteiger partial charge on any atom is 0.0107 e. The molecule has 0 spiro atoms. The topological polar surface area (TPSA) is 12.0 Å². The van der Waals surface area contributed by atoms with E-state index in [-0.39, 0.29) is 0 Å². The van der Waals surface area contributed by atoms with Gasteiger partial charge in [-0.25, -0.2) is 0 Å². The Hall–Kier alpha value is -1.24. The van der Waals surface area contributed by atoms with Crippen LogP contribution in [0.1, 0.15) is 18.9 Å². The van der Waals surface area contributed by atoms with Crippen molar-refractivity contribution >= 4 is 6.08 Å². The Morgan fingerprint density at radius 1 is 1.33 bits per heavy atom. The highest BCUT2D eigenvalue weighted by Gasteiger charge is 1.89. The molecule has 0 aliphatic rings. The van der Waals surface area contributed by atoms with Gasteiger partial charge in [0.2, 0.25) is 0 Å². The summed E-state index contributed by atoms with van der Waals surface area (Å²) >= 11 is 0. The van der Waals surface area contributed by atoms with Gasteiger partial charge in [-0.1, -0.05) is 37.3 Å². The van der Waals surface area contributed by atoms with E-state index in [1.807, 2.05) is 13.1 Å². The predicted molar refractivity (Wildman–Crippen MR) is 53.8 cm³/mol. The van der Waals surface area contributed by atoms with Gasteiger partial charge in [-0.2, -0.15) is 0 Å². The zero-order chi connectivity index (χ0) is 8.81. The number of hydrogen-bond acceptors (Lipinski definition) is 1. The first kappa shape index (κ1) is 8.85. The van der Waals surface area contributed by atoms with Crippen LogP contribution < -0.4 is 5.32 Å². The Morgan fingerprint density at radius 3 is 2.50 bits per heavy atom. The Labute approximate surface area is 74.1 Å². The van der Waals surface area contributed by atoms with Crippen molar-refractivity contribution in [2.75, 3.05) is 7.05 Å². The van der Waals surface area contributed by atoms with Crippen LogP contribution in [-0.2, 0) is 0 Å². The van der Waals surface area contributed by atoms with Crippen LogP contribution in [0.25, 0.3) is 6.08 Å². The first-order valence-electron chi connectivity index (χ1n) is 4.30. The molecule has 1 aromatic rings. The Bertz CT molecular complexity index is 243. The number of benzene rings is 1. The second-order valence-electron chi connectivity index (χ2n) is 2.68. The molecule has 0 unspecified atom stereocenters. The summed E-state index contributed by atoms with van der Waals surface area (Å²) in [5.74, 6) is 0. The molecule has 1 N–H and O–H groups in total. The quantitative estimate of drug-likeness (QED) is 0.718. The van der Waals surface area contributed by atoms with Crippen molar-refractivity contribution in [3.63, 3.8) is 0 Å². The van der Waals surface area contributed by atoms with Crippen molar-refractivity contribution in [1.82, 2.24) is 5.32 Å². The summed E-state index contributed by atoms with van der Waals surface area (Å²) in [7, 11) is 1.96. The summed E-state index contributed by atoms with van der Waals surface area (Å²) in [4.78, 5) is 0. The third kappa shape index (κ3) is 2.42. The van der Waals surface area contributed by atoms with E-state index in [0.717, 1.165) is 6.42 Å². The fourth-order valence-corrected chi connectivity index (χ4v) is 1.10. The van der Waals surface area contributed by atoms with Gasteiger partial charge in [0, 0.05) is 12.7 Å². The van der Waals surface area contributed by atoms with Crippen molar-refractivity contribution in [2.45, 2.75) is 13.3 Å². The average molecular weight is 161 g/mol. The molecule has 0 bridgehead atoms. The van der Waals surface area contributed by atoms with Crippen molar-refractivity contribution < 1.29 is 0 Å². The summed E-state index contributed by atoms with van der Waals surface area (Å²) in [5, 5.41) is 3.16. The fourth-order valence-electron chi connectivity index (χ4n) is 1.10. The molecule has 12 heavy (non-hydrogen) atoms. The summed E-state index contributed by atoms with van der Waals surface area (Å²) in [6.45, 7) is 2.14. The molecule has 0 aliphatic carbocycles. The van der Waals surface area contributed by atoms with E-state index in [9.17, 15) is 0 Å². The normalized spacial score (nSPS) is 11.3. The second-order valence-corrected chi connectivity index (χ2v) is 2.68. The van der Waals surface area contributed by atoms with Crippen molar-refractivity contribution in [2.24, 2.45) is 0 Å². The molecular formula is C11H15N. The first-order valence-corrected chi connectivity index (χ1v) is 4.30. The molecule has 64 valence electrons. The largest absolute Gasteiger partial charge is 0.391 e. The minimum absolute atomic E-state index is 1.05. The maximum absolute atomic E-state index is 3.16. The van der Waals surface area contributed by atoms with Crippen LogP contribution in [0.4, 0.5) is 0 Å². The van der Waals surface area contributed by atoms with Crippen LogP contribution in [0.2, 0.25) is 0 Å². The molecule has 1 heteroatoms. The number of hydrogen-bond donors (Lipinski definition) is 1. The van der Waals surface area contributed by atoms with Gasteiger partial charge in [0.1, 0.15) is 0 Å². The molecule has 0 saturated heterocycles. The fraction of sp³-hybridized carbons (Fsp3) is 0.273. The van der Waals surface area contributed by atoms with E-state index in [1.54, 1.807) is 0 Å².